The SMILES string of the molecule is COC(=O)c1cc(NC(=O)CSc2nnc(C(C)Oc3ccc(C)cc3C)n2C)cc(C(=O)OC)c1. The monoisotopic (exact) mass is 512 g/mol. The van der Waals surface area contributed by atoms with Crippen LogP contribution >= 0.6 is 11.8 Å². The summed E-state index contributed by atoms with van der Waals surface area (Å²) in [7, 11) is 4.26. The number of amides is 1. The first-order valence-corrected chi connectivity index (χ1v) is 12.0. The highest BCUT2D eigenvalue weighted by Gasteiger charge is 2.19. The average molecular weight is 513 g/mol. The summed E-state index contributed by atoms with van der Waals surface area (Å²) in [5.74, 6) is -0.240. The Bertz CT molecular complexity index is 1260. The van der Waals surface area contributed by atoms with Crippen LogP contribution in [0.15, 0.2) is 41.6 Å². The number of anilines is 1. The molecule has 0 radical (unpaired) electrons. The minimum atomic E-state index is -0.644. The molecule has 0 saturated heterocycles. The molecule has 2 aromatic carbocycles. The lowest BCUT2D eigenvalue weighted by molar-refractivity contribution is -0.113. The van der Waals surface area contributed by atoms with E-state index in [4.69, 9.17) is 14.2 Å². The molecule has 1 atom stereocenters. The fourth-order valence-electron chi connectivity index (χ4n) is 3.48. The number of rotatable bonds is 9. The van der Waals surface area contributed by atoms with Gasteiger partial charge in [0.05, 0.1) is 31.1 Å². The number of aryl methyl sites for hydroxylation is 2. The fourth-order valence-corrected chi connectivity index (χ4v) is 4.20. The molecule has 3 aromatic rings. The van der Waals surface area contributed by atoms with Crippen molar-refractivity contribution in [3.63, 3.8) is 0 Å². The number of carbonyl (C=O) groups excluding carboxylic acids is 3. The van der Waals surface area contributed by atoms with Crippen molar-refractivity contribution in [1.29, 1.82) is 0 Å². The van der Waals surface area contributed by atoms with Gasteiger partial charge >= 0.3 is 11.9 Å². The zero-order valence-electron chi connectivity index (χ0n) is 20.9. The van der Waals surface area contributed by atoms with Crippen LogP contribution in [0.4, 0.5) is 5.69 Å². The molecule has 1 N–H and O–H groups in total. The number of nitrogens with one attached hydrogen (secondary N) is 1. The highest BCUT2D eigenvalue weighted by molar-refractivity contribution is 7.99. The maximum absolute atomic E-state index is 12.6. The van der Waals surface area contributed by atoms with Crippen LogP contribution in [-0.2, 0) is 21.3 Å². The summed E-state index contributed by atoms with van der Waals surface area (Å²) >= 11 is 1.19. The van der Waals surface area contributed by atoms with Crippen molar-refractivity contribution in [1.82, 2.24) is 14.8 Å². The number of methoxy groups -OCH3 is 2. The molecule has 0 bridgehead atoms. The van der Waals surface area contributed by atoms with Gasteiger partial charge in [0, 0.05) is 12.7 Å². The summed E-state index contributed by atoms with van der Waals surface area (Å²) in [5, 5.41) is 11.6. The quantitative estimate of drug-likeness (QED) is 0.336. The lowest BCUT2D eigenvalue weighted by atomic mass is 10.1. The Balaban J connectivity index is 1.66. The van der Waals surface area contributed by atoms with Crippen molar-refractivity contribution in [3.8, 4) is 5.75 Å². The second-order valence-corrected chi connectivity index (χ2v) is 8.99. The number of thioether (sulfide) groups is 1. The molecule has 190 valence electrons. The predicted molar refractivity (Wildman–Crippen MR) is 134 cm³/mol. The Kier molecular flexibility index (Phi) is 8.70. The molecular weight excluding hydrogens is 484 g/mol. The van der Waals surface area contributed by atoms with Crippen molar-refractivity contribution in [2.45, 2.75) is 32.0 Å². The lowest BCUT2D eigenvalue weighted by Crippen LogP contribution is -2.16. The van der Waals surface area contributed by atoms with Crippen LogP contribution in [0.5, 0.6) is 5.75 Å². The highest BCUT2D eigenvalue weighted by atomic mass is 32.2. The molecule has 0 spiro atoms. The third-order valence-corrected chi connectivity index (χ3v) is 6.28. The van der Waals surface area contributed by atoms with Gasteiger partial charge in [0.2, 0.25) is 5.91 Å². The largest absolute Gasteiger partial charge is 0.482 e. The van der Waals surface area contributed by atoms with Crippen LogP contribution in [0, 0.1) is 13.8 Å². The number of hydrogen-bond donors (Lipinski definition) is 1. The molecule has 3 rings (SSSR count). The molecule has 0 aliphatic carbocycles. The molecule has 1 unspecified atom stereocenters. The van der Waals surface area contributed by atoms with E-state index in [2.05, 4.69) is 15.5 Å². The van der Waals surface area contributed by atoms with Crippen LogP contribution in [-0.4, -0.2) is 52.6 Å². The van der Waals surface area contributed by atoms with E-state index < -0.39 is 11.9 Å². The summed E-state index contributed by atoms with van der Waals surface area (Å²) in [6.45, 7) is 5.90. The number of aromatic nitrogens is 3. The number of nitrogens with zero attached hydrogens (tertiary/aromatic N) is 3. The smallest absolute Gasteiger partial charge is 0.337 e. The third-order valence-electron chi connectivity index (χ3n) is 5.26. The fraction of sp³-hybridized carbons (Fsp3) is 0.320. The Labute approximate surface area is 213 Å². The van der Waals surface area contributed by atoms with Gasteiger partial charge in [-0.2, -0.15) is 0 Å². The van der Waals surface area contributed by atoms with Gasteiger partial charge in [-0.15, -0.1) is 10.2 Å². The molecule has 10 nitrogen and oxygen atoms in total. The second kappa shape index (κ2) is 11.7. The Hall–Kier alpha value is -3.86. The van der Waals surface area contributed by atoms with Gasteiger partial charge in [-0.1, -0.05) is 29.5 Å². The maximum atomic E-state index is 12.6. The average Bonchev–Trinajstić information content (AvgIpc) is 3.23. The second-order valence-electron chi connectivity index (χ2n) is 8.05. The van der Waals surface area contributed by atoms with Crippen LogP contribution < -0.4 is 10.1 Å². The van der Waals surface area contributed by atoms with Crippen molar-refractivity contribution in [2.75, 3.05) is 25.3 Å². The molecule has 1 amide bonds. The normalized spacial score (nSPS) is 11.5. The first-order chi connectivity index (χ1) is 17.1. The van der Waals surface area contributed by atoms with Crippen LogP contribution in [0.25, 0.3) is 0 Å². The third kappa shape index (κ3) is 6.42. The zero-order valence-corrected chi connectivity index (χ0v) is 21.8. The standard InChI is InChI=1S/C25H28N4O6S/c1-14-7-8-20(15(2)9-14)35-16(3)22-27-28-25(29(22)4)36-13-21(30)26-19-11-17(23(31)33-5)10-18(12-19)24(32)34-6/h7-12,16H,13H2,1-6H3,(H,26,30). The van der Waals surface area contributed by atoms with E-state index in [1.54, 1.807) is 11.6 Å². The Morgan fingerprint density at radius 2 is 1.64 bits per heavy atom. The van der Waals surface area contributed by atoms with E-state index in [-0.39, 0.29) is 34.6 Å². The van der Waals surface area contributed by atoms with Crippen LogP contribution in [0.3, 0.4) is 0 Å². The molecule has 0 saturated carbocycles. The summed E-state index contributed by atoms with van der Waals surface area (Å²) < 4.78 is 17.3. The zero-order chi connectivity index (χ0) is 26.4. The van der Waals surface area contributed by atoms with E-state index in [0.717, 1.165) is 16.9 Å². The lowest BCUT2D eigenvalue weighted by Gasteiger charge is -2.16. The topological polar surface area (TPSA) is 122 Å². The molecular formula is C25H28N4O6S. The van der Waals surface area contributed by atoms with E-state index in [0.29, 0.717) is 11.0 Å². The first-order valence-electron chi connectivity index (χ1n) is 11.0. The van der Waals surface area contributed by atoms with E-state index >= 15 is 0 Å². The Morgan fingerprint density at radius 3 is 2.22 bits per heavy atom. The minimum Gasteiger partial charge on any atom is -0.482 e. The van der Waals surface area contributed by atoms with Gasteiger partial charge in [0.1, 0.15) is 5.75 Å². The van der Waals surface area contributed by atoms with Gasteiger partial charge in [0.25, 0.3) is 0 Å². The summed E-state index contributed by atoms with van der Waals surface area (Å²) in [6.07, 6.45) is -0.357. The van der Waals surface area contributed by atoms with Crippen molar-refractivity contribution >= 4 is 35.3 Å². The van der Waals surface area contributed by atoms with Gasteiger partial charge in [-0.25, -0.2) is 9.59 Å². The maximum Gasteiger partial charge on any atom is 0.337 e. The molecule has 0 fully saturated rings. The number of carbonyl (C=O) groups is 3. The van der Waals surface area contributed by atoms with Gasteiger partial charge < -0.3 is 24.1 Å². The summed E-state index contributed by atoms with van der Waals surface area (Å²) in [4.78, 5) is 36.5. The minimum absolute atomic E-state index is 0.0221. The number of hydrogen-bond acceptors (Lipinski definition) is 9. The molecule has 1 aromatic heterocycles. The molecule has 11 heteroatoms. The van der Waals surface area contributed by atoms with Gasteiger partial charge in [-0.3, -0.25) is 4.79 Å². The van der Waals surface area contributed by atoms with Crippen LogP contribution in [0.1, 0.15) is 50.7 Å². The van der Waals surface area contributed by atoms with E-state index in [1.807, 2.05) is 39.0 Å². The summed E-state index contributed by atoms with van der Waals surface area (Å²) in [5.41, 5.74) is 2.67. The number of esters is 2. The number of benzene rings is 2. The predicted octanol–water partition coefficient (Wildman–Crippen LogP) is 3.88. The van der Waals surface area contributed by atoms with E-state index in [9.17, 15) is 14.4 Å². The molecule has 1 heterocycles. The van der Waals surface area contributed by atoms with Crippen molar-refractivity contribution < 1.29 is 28.6 Å². The van der Waals surface area contributed by atoms with Crippen molar-refractivity contribution in [3.05, 3.63) is 64.5 Å². The van der Waals surface area contributed by atoms with Gasteiger partial charge in [0.15, 0.2) is 17.1 Å². The van der Waals surface area contributed by atoms with Crippen LogP contribution in [0.2, 0.25) is 0 Å². The molecule has 0 aliphatic heterocycles. The Morgan fingerprint density at radius 1 is 1.00 bits per heavy atom. The summed E-state index contributed by atoms with van der Waals surface area (Å²) in [6, 6.07) is 10.2. The molecule has 0 aliphatic rings. The molecule has 36 heavy (non-hydrogen) atoms. The first kappa shape index (κ1) is 26.7. The van der Waals surface area contributed by atoms with Gasteiger partial charge in [-0.05, 0) is 50.6 Å². The van der Waals surface area contributed by atoms with Crippen molar-refractivity contribution in [2.24, 2.45) is 7.05 Å². The number of ether oxygens (including phenoxy) is 3. The highest BCUT2D eigenvalue weighted by Crippen LogP contribution is 2.27. The van der Waals surface area contributed by atoms with E-state index in [1.165, 1.54) is 44.2 Å².